The van der Waals surface area contributed by atoms with E-state index in [9.17, 15) is 10.2 Å². The van der Waals surface area contributed by atoms with Crippen LogP contribution >= 0.6 is 0 Å². The number of aliphatic hydroxyl groups is 2. The Morgan fingerprint density at radius 1 is 1.07 bits per heavy atom. The third-order valence-corrected chi connectivity index (χ3v) is 10.8. The fourth-order valence-corrected chi connectivity index (χ4v) is 8.94. The lowest BCUT2D eigenvalue weighted by molar-refractivity contribution is -0.0923. The summed E-state index contributed by atoms with van der Waals surface area (Å²) >= 11 is 0. The van der Waals surface area contributed by atoms with Crippen LogP contribution in [-0.4, -0.2) is 35.1 Å². The van der Waals surface area contributed by atoms with E-state index in [1.54, 1.807) is 5.57 Å². The quantitative estimate of drug-likeness (QED) is 0.583. The van der Waals surface area contributed by atoms with Crippen molar-refractivity contribution in [3.8, 4) is 0 Å². The molecule has 1 heterocycles. The summed E-state index contributed by atoms with van der Waals surface area (Å²) in [7, 11) is 0. The van der Waals surface area contributed by atoms with Gasteiger partial charge in [0.25, 0.3) is 0 Å². The van der Waals surface area contributed by atoms with Crippen LogP contribution in [-0.2, 0) is 4.74 Å². The zero-order valence-corrected chi connectivity index (χ0v) is 19.4. The Balaban J connectivity index is 1.25. The van der Waals surface area contributed by atoms with Crippen LogP contribution in [0.2, 0.25) is 0 Å². The first-order valence-electron chi connectivity index (χ1n) is 13.0. The molecule has 5 rings (SSSR count). The lowest BCUT2D eigenvalue weighted by atomic mass is 9.47. The van der Waals surface area contributed by atoms with E-state index < -0.39 is 5.60 Å². The van der Waals surface area contributed by atoms with Crippen molar-refractivity contribution < 1.29 is 14.9 Å². The second-order valence-corrected chi connectivity index (χ2v) is 12.2. The van der Waals surface area contributed by atoms with E-state index in [-0.39, 0.29) is 6.10 Å². The maximum absolute atomic E-state index is 10.8. The highest BCUT2D eigenvalue weighted by molar-refractivity contribution is 5.25. The molecule has 0 aromatic carbocycles. The summed E-state index contributed by atoms with van der Waals surface area (Å²) in [5, 5.41) is 21.0. The maximum Gasteiger partial charge on any atom is 0.0881 e. The molecule has 8 unspecified atom stereocenters. The Morgan fingerprint density at radius 2 is 1.93 bits per heavy atom. The number of allylic oxidation sites excluding steroid dienone is 1. The first-order valence-corrected chi connectivity index (χ1v) is 13.0. The molecule has 5 aliphatic rings. The van der Waals surface area contributed by atoms with Gasteiger partial charge < -0.3 is 14.9 Å². The molecule has 0 radical (unpaired) electrons. The normalized spacial score (nSPS) is 50.9. The molecule has 8 atom stereocenters. The van der Waals surface area contributed by atoms with Gasteiger partial charge in [-0.25, -0.2) is 0 Å². The van der Waals surface area contributed by atoms with Crippen LogP contribution in [0.25, 0.3) is 0 Å². The second-order valence-electron chi connectivity index (χ2n) is 12.2. The van der Waals surface area contributed by atoms with E-state index in [1.807, 2.05) is 0 Å². The number of hydrogen-bond acceptors (Lipinski definition) is 3. The van der Waals surface area contributed by atoms with Gasteiger partial charge in [0.05, 0.1) is 18.3 Å². The summed E-state index contributed by atoms with van der Waals surface area (Å²) in [6.07, 6.45) is 17.7. The van der Waals surface area contributed by atoms with Crippen LogP contribution in [0.15, 0.2) is 11.6 Å². The van der Waals surface area contributed by atoms with Gasteiger partial charge in [-0.15, -0.1) is 0 Å². The van der Waals surface area contributed by atoms with Crippen molar-refractivity contribution >= 4 is 0 Å². The number of fused-ring (bicyclic) bond motifs is 5. The van der Waals surface area contributed by atoms with Crippen molar-refractivity contribution in [2.45, 2.75) is 109 Å². The molecule has 30 heavy (non-hydrogen) atoms. The maximum atomic E-state index is 10.8. The fraction of sp³-hybridized carbons (Fsp3) is 0.926. The molecule has 3 heteroatoms. The van der Waals surface area contributed by atoms with Crippen molar-refractivity contribution in [3.63, 3.8) is 0 Å². The van der Waals surface area contributed by atoms with Crippen molar-refractivity contribution in [2.24, 2.45) is 34.5 Å². The smallest absolute Gasteiger partial charge is 0.0881 e. The van der Waals surface area contributed by atoms with Gasteiger partial charge >= 0.3 is 0 Å². The van der Waals surface area contributed by atoms with Crippen molar-refractivity contribution in [2.75, 3.05) is 13.2 Å². The van der Waals surface area contributed by atoms with Crippen molar-refractivity contribution in [1.82, 2.24) is 0 Å². The molecule has 0 amide bonds. The Kier molecular flexibility index (Phi) is 5.64. The average molecular weight is 417 g/mol. The summed E-state index contributed by atoms with van der Waals surface area (Å²) in [6.45, 7) is 6.52. The van der Waals surface area contributed by atoms with Crippen LogP contribution in [0.3, 0.4) is 0 Å². The highest BCUT2D eigenvalue weighted by Gasteiger charge is 2.58. The van der Waals surface area contributed by atoms with E-state index >= 15 is 0 Å². The highest BCUT2D eigenvalue weighted by Crippen LogP contribution is 2.66. The topological polar surface area (TPSA) is 49.7 Å². The van der Waals surface area contributed by atoms with Crippen LogP contribution in [0.5, 0.6) is 0 Å². The molecule has 1 aliphatic heterocycles. The van der Waals surface area contributed by atoms with Crippen molar-refractivity contribution in [3.05, 3.63) is 11.6 Å². The predicted molar refractivity (Wildman–Crippen MR) is 120 cm³/mol. The van der Waals surface area contributed by atoms with Gasteiger partial charge in [0.15, 0.2) is 0 Å². The minimum atomic E-state index is -0.556. The molecule has 3 nitrogen and oxygen atoms in total. The summed E-state index contributed by atoms with van der Waals surface area (Å²) in [5.41, 5.74) is 1.89. The largest absolute Gasteiger partial charge is 0.393 e. The van der Waals surface area contributed by atoms with Crippen LogP contribution in [0, 0.1) is 34.5 Å². The van der Waals surface area contributed by atoms with E-state index in [1.165, 1.54) is 44.9 Å². The third-order valence-electron chi connectivity index (χ3n) is 10.8. The summed E-state index contributed by atoms with van der Waals surface area (Å²) in [4.78, 5) is 0. The van der Waals surface area contributed by atoms with Crippen molar-refractivity contribution in [1.29, 1.82) is 0 Å². The molecule has 0 aromatic rings. The number of rotatable bonds is 4. The van der Waals surface area contributed by atoms with E-state index in [4.69, 9.17) is 4.74 Å². The highest BCUT2D eigenvalue weighted by atomic mass is 16.5. The monoisotopic (exact) mass is 416 g/mol. The Hall–Kier alpha value is -0.380. The molecule has 0 bridgehead atoms. The van der Waals surface area contributed by atoms with Crippen LogP contribution in [0.4, 0.5) is 0 Å². The first-order chi connectivity index (χ1) is 14.3. The number of ether oxygens (including phenoxy) is 1. The van der Waals surface area contributed by atoms with Gasteiger partial charge in [0, 0.05) is 6.61 Å². The summed E-state index contributed by atoms with van der Waals surface area (Å²) in [5.74, 6) is 3.40. The zero-order chi connectivity index (χ0) is 21.0. The van der Waals surface area contributed by atoms with Gasteiger partial charge in [-0.3, -0.25) is 0 Å². The third kappa shape index (κ3) is 3.52. The minimum absolute atomic E-state index is 0.102. The van der Waals surface area contributed by atoms with Gasteiger partial charge in [-0.05, 0) is 112 Å². The molecule has 4 fully saturated rings. The minimum Gasteiger partial charge on any atom is -0.393 e. The predicted octanol–water partition coefficient (Wildman–Crippen LogP) is 5.64. The molecule has 1 saturated heterocycles. The molecule has 0 spiro atoms. The lowest BCUT2D eigenvalue weighted by Gasteiger charge is -2.58. The Labute approximate surface area is 183 Å². The number of hydrogen-bond donors (Lipinski definition) is 2. The van der Waals surface area contributed by atoms with E-state index in [2.05, 4.69) is 19.9 Å². The van der Waals surface area contributed by atoms with Crippen LogP contribution in [0.1, 0.15) is 97.3 Å². The molecule has 4 aliphatic carbocycles. The average Bonchev–Trinajstić information content (AvgIpc) is 3.05. The summed E-state index contributed by atoms with van der Waals surface area (Å²) < 4.78 is 5.56. The van der Waals surface area contributed by atoms with E-state index in [0.29, 0.717) is 17.4 Å². The fourth-order valence-electron chi connectivity index (χ4n) is 8.94. The van der Waals surface area contributed by atoms with Gasteiger partial charge in [-0.2, -0.15) is 0 Å². The molecule has 170 valence electrons. The van der Waals surface area contributed by atoms with Gasteiger partial charge in [0.1, 0.15) is 0 Å². The van der Waals surface area contributed by atoms with E-state index in [0.717, 1.165) is 68.8 Å². The molecular weight excluding hydrogens is 372 g/mol. The Bertz CT molecular complexity index is 665. The van der Waals surface area contributed by atoms with Gasteiger partial charge in [0.2, 0.25) is 0 Å². The zero-order valence-electron chi connectivity index (χ0n) is 19.4. The molecule has 0 aromatic heterocycles. The standard InChI is InChI=1S/C27H44O3/c1-25-15-11-24-22(8-6-20-17-21(28)10-14-26(20,24)2)23(25)9-7-19(25)5-3-12-27(29)13-4-16-30-18-27/h6,19,21-24,28-29H,3-5,7-18H2,1-2H3. The summed E-state index contributed by atoms with van der Waals surface area (Å²) in [6, 6.07) is 0. The molecule has 2 N–H and O–H groups in total. The Morgan fingerprint density at radius 3 is 2.73 bits per heavy atom. The number of aliphatic hydroxyl groups excluding tert-OH is 1. The van der Waals surface area contributed by atoms with Gasteiger partial charge in [-0.1, -0.05) is 31.9 Å². The molecular formula is C27H44O3. The first kappa shape index (κ1) is 21.5. The lowest BCUT2D eigenvalue weighted by Crippen LogP contribution is -2.50. The van der Waals surface area contributed by atoms with Crippen LogP contribution < -0.4 is 0 Å². The SMILES string of the molecule is CC12CCC(O)CC1=CCC1C2CCC2(C)C(CCCC3(O)CCCOC3)CCC12. The second kappa shape index (κ2) is 7.89. The molecule has 3 saturated carbocycles.